The molecule has 0 bridgehead atoms. The van der Waals surface area contributed by atoms with Gasteiger partial charge in [-0.1, -0.05) is 13.0 Å². The maximum Gasteiger partial charge on any atom is 0.288 e. The van der Waals surface area contributed by atoms with Crippen molar-refractivity contribution < 1.29 is 28.8 Å². The maximum atomic E-state index is 13.2. The van der Waals surface area contributed by atoms with Crippen LogP contribution < -0.4 is 9.47 Å². The summed E-state index contributed by atoms with van der Waals surface area (Å²) >= 11 is 0. The van der Waals surface area contributed by atoms with Gasteiger partial charge < -0.3 is 29.0 Å². The molecule has 3 aliphatic rings. The lowest BCUT2D eigenvalue weighted by Gasteiger charge is -2.38. The first-order valence-corrected chi connectivity index (χ1v) is 11.6. The van der Waals surface area contributed by atoms with Crippen LogP contribution in [-0.2, 0) is 20.8 Å². The number of hydrogen-bond donors (Lipinski definition) is 1. The second kappa shape index (κ2) is 10.6. The molecule has 0 unspecified atom stereocenters. The molecule has 3 aliphatic heterocycles. The largest absolute Gasteiger partial charge is 0.459 e. The first-order chi connectivity index (χ1) is 15.6. The molecule has 4 rings (SSSR count). The fourth-order valence-corrected chi connectivity index (χ4v) is 4.59. The third kappa shape index (κ3) is 5.19. The van der Waals surface area contributed by atoms with Crippen LogP contribution in [0.15, 0.2) is 30.0 Å². The van der Waals surface area contributed by atoms with Gasteiger partial charge >= 0.3 is 0 Å². The number of carbonyl (C=O) groups is 1. The number of amides is 1. The van der Waals surface area contributed by atoms with E-state index in [-0.39, 0.29) is 31.1 Å². The molecule has 8 nitrogen and oxygen atoms in total. The lowest BCUT2D eigenvalue weighted by molar-refractivity contribution is -0.175. The average molecular weight is 447 g/mol. The van der Waals surface area contributed by atoms with Crippen LogP contribution in [0.5, 0.6) is 11.5 Å². The summed E-state index contributed by atoms with van der Waals surface area (Å²) in [5.41, 5.74) is 1.18. The maximum absolute atomic E-state index is 13.2. The minimum absolute atomic E-state index is 0.0649. The van der Waals surface area contributed by atoms with Gasteiger partial charge in [0.2, 0.25) is 13.1 Å². The van der Waals surface area contributed by atoms with Gasteiger partial charge in [0.25, 0.3) is 5.91 Å². The molecule has 1 aromatic rings. The molecule has 8 heteroatoms. The number of hydrogen-bond acceptors (Lipinski definition) is 7. The Morgan fingerprint density at radius 2 is 1.97 bits per heavy atom. The van der Waals surface area contributed by atoms with Crippen LogP contribution in [0.1, 0.15) is 32.3 Å². The standard InChI is InChI=1S/C24H34N2O6/c1-3-29-24-19(5-4-12-27)17(2)13-22(32-24)23(28)26-10-8-25(9-11-26)15-18-6-7-20-21(14-18)31-16-30-20/h6-7,13-14,17,19,24,27H,3-5,8-12,15-16H2,1-2H3/t17-,19+,24+/m1/s1. The number of ether oxygens (including phenoxy) is 4. The van der Waals surface area contributed by atoms with Gasteiger partial charge in [0.15, 0.2) is 17.3 Å². The molecular weight excluding hydrogens is 412 g/mol. The van der Waals surface area contributed by atoms with Crippen molar-refractivity contribution in [3.63, 3.8) is 0 Å². The van der Waals surface area contributed by atoms with E-state index in [2.05, 4.69) is 17.9 Å². The third-order valence-electron chi connectivity index (χ3n) is 6.42. The Morgan fingerprint density at radius 1 is 1.19 bits per heavy atom. The summed E-state index contributed by atoms with van der Waals surface area (Å²) < 4.78 is 22.7. The summed E-state index contributed by atoms with van der Waals surface area (Å²) in [6.07, 6.45) is 2.99. The average Bonchev–Trinajstić information content (AvgIpc) is 3.26. The molecule has 0 saturated carbocycles. The van der Waals surface area contributed by atoms with Gasteiger partial charge in [0, 0.05) is 51.9 Å². The zero-order valence-corrected chi connectivity index (χ0v) is 19.0. The molecule has 0 aromatic heterocycles. The van der Waals surface area contributed by atoms with Crippen molar-refractivity contribution in [2.75, 3.05) is 46.2 Å². The molecule has 0 radical (unpaired) electrons. The van der Waals surface area contributed by atoms with Crippen LogP contribution >= 0.6 is 0 Å². The van der Waals surface area contributed by atoms with Gasteiger partial charge in [-0.2, -0.15) is 0 Å². The number of nitrogens with zero attached hydrogens (tertiary/aromatic N) is 2. The highest BCUT2D eigenvalue weighted by Crippen LogP contribution is 2.34. The lowest BCUT2D eigenvalue weighted by atomic mass is 9.86. The smallest absolute Gasteiger partial charge is 0.288 e. The van der Waals surface area contributed by atoms with Gasteiger partial charge in [-0.05, 0) is 49.5 Å². The summed E-state index contributed by atoms with van der Waals surface area (Å²) in [4.78, 5) is 17.4. The van der Waals surface area contributed by atoms with Crippen LogP contribution in [-0.4, -0.2) is 73.3 Å². The lowest BCUT2D eigenvalue weighted by Crippen LogP contribution is -2.49. The van der Waals surface area contributed by atoms with Crippen LogP contribution in [0.4, 0.5) is 0 Å². The van der Waals surface area contributed by atoms with Crippen LogP contribution in [0.25, 0.3) is 0 Å². The van der Waals surface area contributed by atoms with E-state index in [1.54, 1.807) is 0 Å². The van der Waals surface area contributed by atoms with E-state index in [1.807, 2.05) is 30.0 Å². The molecule has 0 spiro atoms. The Morgan fingerprint density at radius 3 is 2.72 bits per heavy atom. The number of piperazine rings is 1. The molecule has 1 fully saturated rings. The molecule has 3 atom stereocenters. The predicted octanol–water partition coefficient (Wildman–Crippen LogP) is 2.36. The molecule has 1 amide bonds. The Hall–Kier alpha value is -2.29. The minimum Gasteiger partial charge on any atom is -0.459 e. The number of carbonyl (C=O) groups excluding carboxylic acids is 1. The summed E-state index contributed by atoms with van der Waals surface area (Å²) in [5, 5.41) is 9.19. The van der Waals surface area contributed by atoms with Crippen LogP contribution in [0.3, 0.4) is 0 Å². The van der Waals surface area contributed by atoms with Crippen molar-refractivity contribution in [1.29, 1.82) is 0 Å². The van der Waals surface area contributed by atoms with E-state index in [0.717, 1.165) is 37.6 Å². The van der Waals surface area contributed by atoms with Crippen molar-refractivity contribution in [2.24, 2.45) is 11.8 Å². The molecule has 176 valence electrons. The Labute approximate surface area is 189 Å². The molecule has 3 heterocycles. The number of rotatable bonds is 8. The number of aliphatic hydroxyl groups excluding tert-OH is 1. The molecule has 1 saturated heterocycles. The van der Waals surface area contributed by atoms with E-state index in [1.165, 1.54) is 5.56 Å². The highest BCUT2D eigenvalue weighted by molar-refractivity contribution is 5.91. The van der Waals surface area contributed by atoms with E-state index in [9.17, 15) is 9.90 Å². The van der Waals surface area contributed by atoms with E-state index in [4.69, 9.17) is 18.9 Å². The molecular formula is C24H34N2O6. The number of allylic oxidation sites excluding steroid dienone is 1. The van der Waals surface area contributed by atoms with Gasteiger partial charge in [-0.15, -0.1) is 0 Å². The van der Waals surface area contributed by atoms with Gasteiger partial charge in [0.1, 0.15) is 0 Å². The Kier molecular flexibility index (Phi) is 7.55. The van der Waals surface area contributed by atoms with Crippen molar-refractivity contribution in [3.05, 3.63) is 35.6 Å². The molecule has 1 aromatic carbocycles. The van der Waals surface area contributed by atoms with Crippen molar-refractivity contribution in [2.45, 2.75) is 39.5 Å². The van der Waals surface area contributed by atoms with Gasteiger partial charge in [-0.3, -0.25) is 9.69 Å². The quantitative estimate of drug-likeness (QED) is 0.657. The number of aliphatic hydroxyl groups is 1. The third-order valence-corrected chi connectivity index (χ3v) is 6.42. The first kappa shape index (κ1) is 22.9. The van der Waals surface area contributed by atoms with Crippen LogP contribution in [0.2, 0.25) is 0 Å². The van der Waals surface area contributed by atoms with Crippen molar-refractivity contribution >= 4 is 5.91 Å². The van der Waals surface area contributed by atoms with Crippen molar-refractivity contribution in [3.8, 4) is 11.5 Å². The fraction of sp³-hybridized carbons (Fsp3) is 0.625. The van der Waals surface area contributed by atoms with E-state index >= 15 is 0 Å². The minimum atomic E-state index is -0.446. The highest BCUT2D eigenvalue weighted by Gasteiger charge is 2.36. The Balaban J connectivity index is 1.32. The molecule has 32 heavy (non-hydrogen) atoms. The summed E-state index contributed by atoms with van der Waals surface area (Å²) in [6.45, 7) is 8.70. The second-order valence-electron chi connectivity index (χ2n) is 8.62. The van der Waals surface area contributed by atoms with Crippen molar-refractivity contribution in [1.82, 2.24) is 9.80 Å². The second-order valence-corrected chi connectivity index (χ2v) is 8.62. The SMILES string of the molecule is CCO[C@H]1OC(C(=O)N2CCN(Cc3ccc4c(c3)OCO4)CC2)=C[C@@H](C)[C@@H]1CCCO. The number of fused-ring (bicyclic) bond motifs is 1. The topological polar surface area (TPSA) is 80.7 Å². The van der Waals surface area contributed by atoms with E-state index in [0.29, 0.717) is 31.9 Å². The fourth-order valence-electron chi connectivity index (χ4n) is 4.59. The molecule has 0 aliphatic carbocycles. The zero-order chi connectivity index (χ0) is 22.5. The van der Waals surface area contributed by atoms with Crippen LogP contribution in [0, 0.1) is 11.8 Å². The predicted molar refractivity (Wildman–Crippen MR) is 118 cm³/mol. The number of benzene rings is 1. The summed E-state index contributed by atoms with van der Waals surface area (Å²) in [7, 11) is 0. The normalized spacial score (nSPS) is 25.4. The summed E-state index contributed by atoms with van der Waals surface area (Å²) in [6, 6.07) is 6.05. The summed E-state index contributed by atoms with van der Waals surface area (Å²) in [5.74, 6) is 2.21. The van der Waals surface area contributed by atoms with Gasteiger partial charge in [0.05, 0.1) is 0 Å². The zero-order valence-electron chi connectivity index (χ0n) is 19.0. The first-order valence-electron chi connectivity index (χ1n) is 11.6. The van der Waals surface area contributed by atoms with E-state index < -0.39 is 6.29 Å². The monoisotopic (exact) mass is 446 g/mol. The Bertz CT molecular complexity index is 821. The van der Waals surface area contributed by atoms with Gasteiger partial charge in [-0.25, -0.2) is 0 Å². The highest BCUT2D eigenvalue weighted by atomic mass is 16.7. The molecule has 1 N–H and O–H groups in total.